The zero-order valence-electron chi connectivity index (χ0n) is 11.9. The summed E-state index contributed by atoms with van der Waals surface area (Å²) >= 11 is 5.96. The highest BCUT2D eigenvalue weighted by Gasteiger charge is 2.11. The molecule has 21 heavy (non-hydrogen) atoms. The first-order chi connectivity index (χ1) is 9.97. The van der Waals surface area contributed by atoms with Crippen LogP contribution in [0, 0.1) is 5.82 Å². The van der Waals surface area contributed by atoms with E-state index < -0.39 is 0 Å². The first kappa shape index (κ1) is 15.3. The van der Waals surface area contributed by atoms with Gasteiger partial charge in [0.2, 0.25) is 5.91 Å². The first-order valence-corrected chi connectivity index (χ1v) is 6.85. The Kier molecular flexibility index (Phi) is 4.81. The maximum Gasteiger partial charge on any atom is 0.228 e. The molecule has 0 aliphatic carbocycles. The number of nitrogens with zero attached hydrogens (tertiary/aromatic N) is 1. The molecule has 0 aromatic heterocycles. The van der Waals surface area contributed by atoms with Gasteiger partial charge in [-0.3, -0.25) is 4.79 Å². The Morgan fingerprint density at radius 2 is 1.95 bits per heavy atom. The molecule has 0 heterocycles. The van der Waals surface area contributed by atoms with Gasteiger partial charge in [0.05, 0.1) is 17.8 Å². The van der Waals surface area contributed by atoms with E-state index in [-0.39, 0.29) is 18.1 Å². The molecule has 3 nitrogen and oxygen atoms in total. The lowest BCUT2D eigenvalue weighted by Gasteiger charge is -2.18. The topological polar surface area (TPSA) is 32.3 Å². The summed E-state index contributed by atoms with van der Waals surface area (Å²) in [6.07, 6.45) is -0.0218. The summed E-state index contributed by atoms with van der Waals surface area (Å²) in [5, 5.41) is 3.31. The van der Waals surface area contributed by atoms with Crippen LogP contribution in [0.2, 0.25) is 5.02 Å². The van der Waals surface area contributed by atoms with Crippen molar-refractivity contribution in [2.75, 3.05) is 24.3 Å². The minimum Gasteiger partial charge on any atom is -0.376 e. The molecule has 2 rings (SSSR count). The van der Waals surface area contributed by atoms with Crippen molar-refractivity contribution in [1.29, 1.82) is 0 Å². The van der Waals surface area contributed by atoms with E-state index in [1.165, 1.54) is 6.07 Å². The predicted molar refractivity (Wildman–Crippen MR) is 84.5 cm³/mol. The Labute approximate surface area is 128 Å². The third kappa shape index (κ3) is 3.95. The van der Waals surface area contributed by atoms with Crippen molar-refractivity contribution in [1.82, 2.24) is 0 Å². The van der Waals surface area contributed by atoms with Gasteiger partial charge in [0.25, 0.3) is 0 Å². The fraction of sp³-hybridized carbons (Fsp3) is 0.188. The number of hydrogen-bond acceptors (Lipinski definition) is 2. The van der Waals surface area contributed by atoms with Crippen LogP contribution in [0.3, 0.4) is 0 Å². The maximum absolute atomic E-state index is 13.6. The number of anilines is 2. The van der Waals surface area contributed by atoms with Crippen LogP contribution in [0.4, 0.5) is 15.8 Å². The van der Waals surface area contributed by atoms with Crippen LogP contribution in [0.5, 0.6) is 0 Å². The molecule has 5 heteroatoms. The highest BCUT2D eigenvalue weighted by molar-refractivity contribution is 6.31. The molecule has 0 bridgehead atoms. The predicted octanol–water partition coefficient (Wildman–Crippen LogP) is 3.73. The van der Waals surface area contributed by atoms with Gasteiger partial charge < -0.3 is 10.2 Å². The average Bonchev–Trinajstić information content (AvgIpc) is 2.41. The van der Waals surface area contributed by atoms with Crippen molar-refractivity contribution in [3.05, 3.63) is 58.9 Å². The molecule has 0 saturated carbocycles. The fourth-order valence-electron chi connectivity index (χ4n) is 2.01. The summed E-state index contributed by atoms with van der Waals surface area (Å²) < 4.78 is 13.6. The number of rotatable bonds is 4. The molecule has 0 aliphatic rings. The molecule has 1 N–H and O–H groups in total. The Morgan fingerprint density at radius 3 is 2.62 bits per heavy atom. The number of nitrogens with one attached hydrogen (secondary N) is 1. The van der Waals surface area contributed by atoms with Gasteiger partial charge in [-0.1, -0.05) is 29.8 Å². The summed E-state index contributed by atoms with van der Waals surface area (Å²) in [6, 6.07) is 11.5. The molecule has 0 spiro atoms. The molecular weight excluding hydrogens is 291 g/mol. The summed E-state index contributed by atoms with van der Waals surface area (Å²) in [4.78, 5) is 14.0. The number of halogens is 2. The molecule has 110 valence electrons. The van der Waals surface area contributed by atoms with Gasteiger partial charge in [0.15, 0.2) is 0 Å². The third-order valence-electron chi connectivity index (χ3n) is 3.02. The SMILES string of the molecule is CN(C)c1ccc(Cl)cc1NC(=O)Cc1ccccc1F. The van der Waals surface area contributed by atoms with Gasteiger partial charge in [0.1, 0.15) is 5.82 Å². The van der Waals surface area contributed by atoms with Crippen molar-refractivity contribution in [2.24, 2.45) is 0 Å². The zero-order chi connectivity index (χ0) is 15.4. The van der Waals surface area contributed by atoms with E-state index in [4.69, 9.17) is 11.6 Å². The Balaban J connectivity index is 2.16. The number of carbonyl (C=O) groups is 1. The van der Waals surface area contributed by atoms with Crippen molar-refractivity contribution < 1.29 is 9.18 Å². The monoisotopic (exact) mass is 306 g/mol. The molecule has 2 aromatic rings. The van der Waals surface area contributed by atoms with E-state index in [1.54, 1.807) is 30.3 Å². The minimum absolute atomic E-state index is 0.0218. The molecular formula is C16H16ClFN2O. The second-order valence-corrected chi connectivity index (χ2v) is 5.31. The lowest BCUT2D eigenvalue weighted by Crippen LogP contribution is -2.18. The van der Waals surface area contributed by atoms with E-state index >= 15 is 0 Å². The number of carbonyl (C=O) groups excluding carboxylic acids is 1. The molecule has 0 unspecified atom stereocenters. The Hall–Kier alpha value is -2.07. The van der Waals surface area contributed by atoms with E-state index in [9.17, 15) is 9.18 Å². The van der Waals surface area contributed by atoms with Gasteiger partial charge in [-0.05, 0) is 29.8 Å². The first-order valence-electron chi connectivity index (χ1n) is 6.47. The Morgan fingerprint density at radius 1 is 1.24 bits per heavy atom. The molecule has 2 aromatic carbocycles. The molecule has 0 radical (unpaired) electrons. The summed E-state index contributed by atoms with van der Waals surface area (Å²) in [7, 11) is 3.74. The standard InChI is InChI=1S/C16H16ClFN2O/c1-20(2)15-8-7-12(17)10-14(15)19-16(21)9-11-5-3-4-6-13(11)18/h3-8,10H,9H2,1-2H3,(H,19,21). The summed E-state index contributed by atoms with van der Waals surface area (Å²) in [5.41, 5.74) is 1.80. The van der Waals surface area contributed by atoms with Crippen LogP contribution in [-0.2, 0) is 11.2 Å². The van der Waals surface area contributed by atoms with E-state index in [1.807, 2.05) is 25.1 Å². The van der Waals surface area contributed by atoms with Gasteiger partial charge in [-0.15, -0.1) is 0 Å². The third-order valence-corrected chi connectivity index (χ3v) is 3.26. The molecule has 0 aliphatic heterocycles. The van der Waals surface area contributed by atoms with Crippen molar-refractivity contribution >= 4 is 28.9 Å². The number of benzene rings is 2. The van der Waals surface area contributed by atoms with E-state index in [2.05, 4.69) is 5.32 Å². The molecule has 1 amide bonds. The summed E-state index contributed by atoms with van der Waals surface area (Å²) in [5.74, 6) is -0.669. The quantitative estimate of drug-likeness (QED) is 0.933. The van der Waals surface area contributed by atoms with Gasteiger partial charge in [-0.25, -0.2) is 4.39 Å². The van der Waals surface area contributed by atoms with Crippen LogP contribution in [0.1, 0.15) is 5.56 Å². The second kappa shape index (κ2) is 6.59. The van der Waals surface area contributed by atoms with Crippen LogP contribution in [0.25, 0.3) is 0 Å². The largest absolute Gasteiger partial charge is 0.376 e. The molecule has 0 atom stereocenters. The highest BCUT2D eigenvalue weighted by atomic mass is 35.5. The zero-order valence-corrected chi connectivity index (χ0v) is 12.6. The smallest absolute Gasteiger partial charge is 0.228 e. The lowest BCUT2D eigenvalue weighted by molar-refractivity contribution is -0.115. The number of amides is 1. The summed E-state index contributed by atoms with van der Waals surface area (Å²) in [6.45, 7) is 0. The van der Waals surface area contributed by atoms with Crippen LogP contribution in [0.15, 0.2) is 42.5 Å². The van der Waals surface area contributed by atoms with Crippen molar-refractivity contribution in [3.8, 4) is 0 Å². The van der Waals surface area contributed by atoms with E-state index in [0.717, 1.165) is 5.69 Å². The Bertz CT molecular complexity index is 658. The van der Waals surface area contributed by atoms with Crippen LogP contribution < -0.4 is 10.2 Å². The number of hydrogen-bond donors (Lipinski definition) is 1. The maximum atomic E-state index is 13.6. The van der Waals surface area contributed by atoms with Crippen LogP contribution >= 0.6 is 11.6 Å². The fourth-order valence-corrected chi connectivity index (χ4v) is 2.18. The van der Waals surface area contributed by atoms with Gasteiger partial charge >= 0.3 is 0 Å². The van der Waals surface area contributed by atoms with Crippen molar-refractivity contribution in [2.45, 2.75) is 6.42 Å². The van der Waals surface area contributed by atoms with Crippen molar-refractivity contribution in [3.63, 3.8) is 0 Å². The van der Waals surface area contributed by atoms with Gasteiger partial charge in [0, 0.05) is 19.1 Å². The molecule has 0 fully saturated rings. The van der Waals surface area contributed by atoms with Crippen LogP contribution in [-0.4, -0.2) is 20.0 Å². The lowest BCUT2D eigenvalue weighted by atomic mass is 10.1. The highest BCUT2D eigenvalue weighted by Crippen LogP contribution is 2.28. The normalized spacial score (nSPS) is 10.3. The van der Waals surface area contributed by atoms with Gasteiger partial charge in [-0.2, -0.15) is 0 Å². The van der Waals surface area contributed by atoms with E-state index in [0.29, 0.717) is 16.3 Å². The average molecular weight is 307 g/mol. The molecule has 0 saturated heterocycles. The second-order valence-electron chi connectivity index (χ2n) is 4.87. The minimum atomic E-state index is -0.383.